The summed E-state index contributed by atoms with van der Waals surface area (Å²) in [5.74, 6) is 0.836. The Kier molecular flexibility index (Phi) is 3.71. The molecule has 3 rings (SSSR count). The maximum Gasteiger partial charge on any atom is 0.153 e. The van der Waals surface area contributed by atoms with Gasteiger partial charge in [0, 0.05) is 25.6 Å². The Morgan fingerprint density at radius 3 is 3.00 bits per heavy atom. The number of halogens is 1. The molecule has 5 nitrogen and oxygen atoms in total. The number of imidazole rings is 1. The van der Waals surface area contributed by atoms with Crippen molar-refractivity contribution in [3.05, 3.63) is 29.8 Å². The highest BCUT2D eigenvalue weighted by Gasteiger charge is 2.26. The van der Waals surface area contributed by atoms with Gasteiger partial charge in [-0.25, -0.2) is 17.8 Å². The van der Waals surface area contributed by atoms with E-state index >= 15 is 0 Å². The zero-order valence-corrected chi connectivity index (χ0v) is 12.7. The van der Waals surface area contributed by atoms with Crippen LogP contribution in [0.1, 0.15) is 12.7 Å². The van der Waals surface area contributed by atoms with Gasteiger partial charge >= 0.3 is 0 Å². The second-order valence-electron chi connectivity index (χ2n) is 5.37. The van der Waals surface area contributed by atoms with E-state index in [2.05, 4.69) is 10.3 Å². The molecule has 21 heavy (non-hydrogen) atoms. The van der Waals surface area contributed by atoms with Crippen molar-refractivity contribution in [1.82, 2.24) is 14.9 Å². The lowest BCUT2D eigenvalue weighted by molar-refractivity contribution is 0.502. The van der Waals surface area contributed by atoms with E-state index in [1.54, 1.807) is 6.07 Å². The number of hydrogen-bond acceptors (Lipinski definition) is 4. The summed E-state index contributed by atoms with van der Waals surface area (Å²) in [7, 11) is -2.97. The molecule has 1 aliphatic rings. The minimum atomic E-state index is -2.97. The summed E-state index contributed by atoms with van der Waals surface area (Å²) < 4.78 is 38.7. The van der Waals surface area contributed by atoms with Crippen LogP contribution in [-0.4, -0.2) is 42.1 Å². The number of fused-ring (bicyclic) bond motifs is 1. The zero-order chi connectivity index (χ0) is 15.0. The molecule has 2 aromatic rings. The van der Waals surface area contributed by atoms with Gasteiger partial charge in [0.2, 0.25) is 0 Å². The summed E-state index contributed by atoms with van der Waals surface area (Å²) in [4.78, 5) is 4.53. The maximum atomic E-state index is 13.4. The first-order valence-corrected chi connectivity index (χ1v) is 8.89. The third kappa shape index (κ3) is 2.94. The van der Waals surface area contributed by atoms with Crippen molar-refractivity contribution in [1.29, 1.82) is 0 Å². The van der Waals surface area contributed by atoms with E-state index in [-0.39, 0.29) is 23.4 Å². The predicted molar refractivity (Wildman–Crippen MR) is 79.5 cm³/mol. The van der Waals surface area contributed by atoms with E-state index in [4.69, 9.17) is 0 Å². The average molecular weight is 311 g/mol. The van der Waals surface area contributed by atoms with Crippen LogP contribution in [0.25, 0.3) is 11.0 Å². The molecule has 1 aromatic carbocycles. The van der Waals surface area contributed by atoms with Gasteiger partial charge in [-0.15, -0.1) is 0 Å². The largest absolute Gasteiger partial charge is 0.328 e. The molecule has 1 saturated heterocycles. The Morgan fingerprint density at radius 1 is 1.48 bits per heavy atom. The van der Waals surface area contributed by atoms with E-state index in [0.29, 0.717) is 19.5 Å². The molecule has 0 aliphatic carbocycles. The fraction of sp³-hybridized carbons (Fsp3) is 0.500. The number of sulfone groups is 1. The number of benzene rings is 1. The first-order valence-electron chi connectivity index (χ1n) is 7.07. The number of aromatic nitrogens is 2. The summed E-state index contributed by atoms with van der Waals surface area (Å²) in [5.41, 5.74) is 1.50. The molecule has 7 heteroatoms. The molecular weight excluding hydrogens is 293 g/mol. The molecule has 0 spiro atoms. The van der Waals surface area contributed by atoms with Crippen molar-refractivity contribution in [2.45, 2.75) is 25.9 Å². The molecule has 0 bridgehead atoms. The van der Waals surface area contributed by atoms with Crippen molar-refractivity contribution >= 4 is 20.9 Å². The fourth-order valence-electron chi connectivity index (χ4n) is 2.87. The molecular formula is C14H18FN3O2S. The van der Waals surface area contributed by atoms with Crippen molar-refractivity contribution in [2.75, 3.05) is 18.1 Å². The molecule has 1 N–H and O–H groups in total. The van der Waals surface area contributed by atoms with Crippen LogP contribution in [0.4, 0.5) is 4.39 Å². The quantitative estimate of drug-likeness (QED) is 0.923. The van der Waals surface area contributed by atoms with E-state index in [1.165, 1.54) is 12.1 Å². The molecule has 1 aliphatic heterocycles. The van der Waals surface area contributed by atoms with Crippen LogP contribution in [0.3, 0.4) is 0 Å². The average Bonchev–Trinajstić information content (AvgIpc) is 2.74. The Hall–Kier alpha value is -1.47. The van der Waals surface area contributed by atoms with Gasteiger partial charge in [-0.3, -0.25) is 0 Å². The number of hydrogen-bond donors (Lipinski definition) is 1. The van der Waals surface area contributed by atoms with Crippen molar-refractivity contribution < 1.29 is 12.8 Å². The molecule has 1 atom stereocenters. The monoisotopic (exact) mass is 311 g/mol. The summed E-state index contributed by atoms with van der Waals surface area (Å²) >= 11 is 0. The highest BCUT2D eigenvalue weighted by molar-refractivity contribution is 7.91. The fourth-order valence-corrected chi connectivity index (χ4v) is 4.32. The second kappa shape index (κ2) is 5.38. The highest BCUT2D eigenvalue weighted by Crippen LogP contribution is 2.19. The normalized spacial score (nSPS) is 21.7. The zero-order valence-electron chi connectivity index (χ0n) is 11.8. The lowest BCUT2D eigenvalue weighted by Gasteiger charge is -2.23. The standard InChI is InChI=1S/C14H18FN3O2S/c1-2-18-13-7-10(15)3-4-12(13)17-14(18)8-11-9-21(19,20)6-5-16-11/h3-4,7,11,16H,2,5-6,8-9H2,1H3. The molecule has 0 saturated carbocycles. The lowest BCUT2D eigenvalue weighted by Crippen LogP contribution is -2.46. The molecule has 1 fully saturated rings. The van der Waals surface area contributed by atoms with Gasteiger partial charge < -0.3 is 9.88 Å². The van der Waals surface area contributed by atoms with Gasteiger partial charge in [0.05, 0.1) is 22.5 Å². The Morgan fingerprint density at radius 2 is 2.29 bits per heavy atom. The predicted octanol–water partition coefficient (Wildman–Crippen LogP) is 1.12. The first-order chi connectivity index (χ1) is 9.98. The van der Waals surface area contributed by atoms with E-state index < -0.39 is 9.84 Å². The Labute approximate surface area is 123 Å². The summed E-state index contributed by atoms with van der Waals surface area (Å²) in [6, 6.07) is 4.39. The second-order valence-corrected chi connectivity index (χ2v) is 7.60. The van der Waals surface area contributed by atoms with E-state index in [0.717, 1.165) is 16.9 Å². The van der Waals surface area contributed by atoms with E-state index in [1.807, 2.05) is 11.5 Å². The van der Waals surface area contributed by atoms with Gasteiger partial charge in [-0.1, -0.05) is 0 Å². The number of aryl methyl sites for hydroxylation is 1. The number of nitrogens with one attached hydrogen (secondary N) is 1. The van der Waals surface area contributed by atoms with Crippen molar-refractivity contribution in [2.24, 2.45) is 0 Å². The maximum absolute atomic E-state index is 13.4. The van der Waals surface area contributed by atoms with Crippen molar-refractivity contribution in [3.63, 3.8) is 0 Å². The van der Waals surface area contributed by atoms with Gasteiger partial charge in [0.1, 0.15) is 11.6 Å². The van der Waals surface area contributed by atoms with Gasteiger partial charge in [0.25, 0.3) is 0 Å². The van der Waals surface area contributed by atoms with Crippen LogP contribution >= 0.6 is 0 Å². The number of nitrogens with zero attached hydrogens (tertiary/aromatic N) is 2. The molecule has 114 valence electrons. The van der Waals surface area contributed by atoms with Crippen LogP contribution in [0.15, 0.2) is 18.2 Å². The third-order valence-electron chi connectivity index (χ3n) is 3.84. The van der Waals surface area contributed by atoms with Crippen LogP contribution in [0, 0.1) is 5.82 Å². The molecule has 1 aromatic heterocycles. The summed E-state index contributed by atoms with van der Waals surface area (Å²) in [5, 5.41) is 3.22. The third-order valence-corrected chi connectivity index (χ3v) is 5.57. The number of rotatable bonds is 3. The van der Waals surface area contributed by atoms with Gasteiger partial charge in [-0.05, 0) is 25.1 Å². The topological polar surface area (TPSA) is 64.0 Å². The van der Waals surface area contributed by atoms with Crippen LogP contribution in [-0.2, 0) is 22.8 Å². The van der Waals surface area contributed by atoms with Crippen LogP contribution < -0.4 is 5.32 Å². The Balaban J connectivity index is 1.93. The van der Waals surface area contributed by atoms with Crippen LogP contribution in [0.5, 0.6) is 0 Å². The minimum absolute atomic E-state index is 0.129. The Bertz CT molecular complexity index is 770. The molecule has 0 amide bonds. The van der Waals surface area contributed by atoms with Crippen molar-refractivity contribution in [3.8, 4) is 0 Å². The van der Waals surface area contributed by atoms with Gasteiger partial charge in [0.15, 0.2) is 9.84 Å². The summed E-state index contributed by atoms with van der Waals surface area (Å²) in [6.07, 6.45) is 0.531. The molecule has 0 radical (unpaired) electrons. The molecule has 1 unspecified atom stereocenters. The van der Waals surface area contributed by atoms with Crippen LogP contribution in [0.2, 0.25) is 0 Å². The summed E-state index contributed by atoms with van der Waals surface area (Å²) in [6.45, 7) is 3.13. The first kappa shape index (κ1) is 14.5. The SMILES string of the molecule is CCn1c(CC2CS(=O)(=O)CCN2)nc2ccc(F)cc21. The molecule has 2 heterocycles. The minimum Gasteiger partial charge on any atom is -0.328 e. The van der Waals surface area contributed by atoms with E-state index in [9.17, 15) is 12.8 Å². The van der Waals surface area contributed by atoms with Gasteiger partial charge in [-0.2, -0.15) is 0 Å². The highest BCUT2D eigenvalue weighted by atomic mass is 32.2. The smallest absolute Gasteiger partial charge is 0.153 e. The lowest BCUT2D eigenvalue weighted by atomic mass is 10.2.